The van der Waals surface area contributed by atoms with E-state index >= 15 is 0 Å². The molecule has 1 aliphatic rings. The number of morpholine rings is 1. The average Bonchev–Trinajstić information content (AvgIpc) is 2.84. The van der Waals surface area contributed by atoms with Gasteiger partial charge in [-0.3, -0.25) is 14.5 Å². The van der Waals surface area contributed by atoms with Gasteiger partial charge >= 0.3 is 0 Å². The van der Waals surface area contributed by atoms with Crippen molar-refractivity contribution in [2.45, 2.75) is 25.3 Å². The van der Waals surface area contributed by atoms with Gasteiger partial charge < -0.3 is 15.0 Å². The molecular weight excluding hydrogens is 423 g/mol. The zero-order chi connectivity index (χ0) is 23.5. The molecule has 0 radical (unpaired) electrons. The number of hydrogen-bond donors (Lipinski definition) is 1. The lowest BCUT2D eigenvalue weighted by Crippen LogP contribution is -2.44. The van der Waals surface area contributed by atoms with Crippen LogP contribution < -0.4 is 10.2 Å². The number of anilines is 1. The highest BCUT2D eigenvalue weighted by Gasteiger charge is 2.24. The van der Waals surface area contributed by atoms with Crippen LogP contribution in [0, 0.1) is 17.1 Å². The Kier molecular flexibility index (Phi) is 9.36. The Morgan fingerprint density at radius 3 is 2.58 bits per heavy atom. The molecule has 1 fully saturated rings. The number of rotatable bonds is 10. The predicted octanol–water partition coefficient (Wildman–Crippen LogP) is 3.04. The summed E-state index contributed by atoms with van der Waals surface area (Å²) >= 11 is 0. The van der Waals surface area contributed by atoms with Crippen LogP contribution in [-0.2, 0) is 14.3 Å². The van der Waals surface area contributed by atoms with Gasteiger partial charge in [0, 0.05) is 44.7 Å². The van der Waals surface area contributed by atoms with Crippen molar-refractivity contribution in [2.24, 2.45) is 0 Å². The van der Waals surface area contributed by atoms with Gasteiger partial charge in [0.25, 0.3) is 0 Å². The minimum atomic E-state index is -0.318. The van der Waals surface area contributed by atoms with Crippen LogP contribution in [0.15, 0.2) is 54.6 Å². The topological polar surface area (TPSA) is 85.7 Å². The summed E-state index contributed by atoms with van der Waals surface area (Å²) in [5.74, 6) is -0.770. The van der Waals surface area contributed by atoms with Crippen molar-refractivity contribution in [3.63, 3.8) is 0 Å². The first-order chi connectivity index (χ1) is 16.1. The first kappa shape index (κ1) is 24.4. The smallest absolute Gasteiger partial charge is 0.227 e. The lowest BCUT2D eigenvalue weighted by molar-refractivity contribution is -0.125. The molecule has 0 aromatic heterocycles. The number of hydrogen-bond acceptors (Lipinski definition) is 5. The average molecular weight is 453 g/mol. The monoisotopic (exact) mass is 452 g/mol. The van der Waals surface area contributed by atoms with Gasteiger partial charge in [0.2, 0.25) is 11.8 Å². The van der Waals surface area contributed by atoms with E-state index in [2.05, 4.69) is 16.3 Å². The summed E-state index contributed by atoms with van der Waals surface area (Å²) in [5, 5.41) is 11.8. The summed E-state index contributed by atoms with van der Waals surface area (Å²) in [5.41, 5.74) is 1.50. The number of nitrogens with one attached hydrogen (secondary N) is 1. The van der Waals surface area contributed by atoms with E-state index < -0.39 is 0 Å². The van der Waals surface area contributed by atoms with E-state index in [1.54, 1.807) is 23.1 Å². The molecule has 0 aliphatic carbocycles. The van der Waals surface area contributed by atoms with Gasteiger partial charge in [-0.1, -0.05) is 30.3 Å². The van der Waals surface area contributed by atoms with Gasteiger partial charge in [0.15, 0.2) is 0 Å². The molecule has 174 valence electrons. The van der Waals surface area contributed by atoms with Crippen LogP contribution in [0.4, 0.5) is 10.1 Å². The number of benzene rings is 2. The third-order valence-electron chi connectivity index (χ3n) is 5.59. The fraction of sp³-hybridized carbons (Fsp3) is 0.400. The van der Waals surface area contributed by atoms with Crippen LogP contribution in [0.25, 0.3) is 0 Å². The van der Waals surface area contributed by atoms with Gasteiger partial charge in [-0.15, -0.1) is 0 Å². The Bertz CT molecular complexity index is 958. The largest absolute Gasteiger partial charge is 0.379 e. The number of ether oxygens (including phenoxy) is 1. The first-order valence-electron chi connectivity index (χ1n) is 11.1. The molecule has 1 aliphatic heterocycles. The van der Waals surface area contributed by atoms with E-state index in [0.29, 0.717) is 38.5 Å². The number of nitriles is 1. The van der Waals surface area contributed by atoms with E-state index in [-0.39, 0.29) is 49.5 Å². The Morgan fingerprint density at radius 1 is 1.12 bits per heavy atom. The highest BCUT2D eigenvalue weighted by molar-refractivity contribution is 5.95. The maximum atomic E-state index is 13.8. The van der Waals surface area contributed by atoms with E-state index in [1.165, 1.54) is 12.1 Å². The van der Waals surface area contributed by atoms with Gasteiger partial charge in [-0.25, -0.2) is 4.39 Å². The van der Waals surface area contributed by atoms with Gasteiger partial charge in [-0.05, 0) is 29.8 Å². The van der Waals surface area contributed by atoms with Crippen molar-refractivity contribution >= 4 is 17.5 Å². The molecule has 1 N–H and O–H groups in total. The maximum Gasteiger partial charge on any atom is 0.227 e. The van der Waals surface area contributed by atoms with Crippen LogP contribution in [0.2, 0.25) is 0 Å². The molecule has 2 amide bonds. The zero-order valence-electron chi connectivity index (χ0n) is 18.6. The third kappa shape index (κ3) is 7.38. The van der Waals surface area contributed by atoms with Crippen molar-refractivity contribution in [1.29, 1.82) is 5.26 Å². The predicted molar refractivity (Wildman–Crippen MR) is 123 cm³/mol. The Labute approximate surface area is 193 Å². The summed E-state index contributed by atoms with van der Waals surface area (Å²) in [6.45, 7) is 3.16. The van der Waals surface area contributed by atoms with E-state index in [4.69, 9.17) is 10.00 Å². The molecule has 1 unspecified atom stereocenters. The standard InChI is InChI=1S/C25H29FN4O3/c26-21-7-4-6-20(18-21)23(29-14-16-33-17-15-29)19-28-24(31)10-11-25(32)30(13-5-12-27)22-8-2-1-3-9-22/h1-4,6-9,18,23H,5,10-11,13-17,19H2,(H,28,31). The Balaban J connectivity index is 1.57. The summed E-state index contributed by atoms with van der Waals surface area (Å²) in [6, 6.07) is 17.4. The molecule has 0 bridgehead atoms. The van der Waals surface area contributed by atoms with E-state index in [9.17, 15) is 14.0 Å². The molecular formula is C25H29FN4O3. The molecule has 7 nitrogen and oxygen atoms in total. The summed E-state index contributed by atoms with van der Waals surface area (Å²) in [4.78, 5) is 29.0. The van der Waals surface area contributed by atoms with Crippen molar-refractivity contribution in [1.82, 2.24) is 10.2 Å². The van der Waals surface area contributed by atoms with Crippen molar-refractivity contribution in [3.8, 4) is 6.07 Å². The van der Waals surface area contributed by atoms with Gasteiger partial charge in [0.1, 0.15) is 5.82 Å². The van der Waals surface area contributed by atoms with E-state index in [0.717, 1.165) is 5.56 Å². The molecule has 8 heteroatoms. The number of amides is 2. The van der Waals surface area contributed by atoms with Crippen molar-refractivity contribution in [2.75, 3.05) is 44.3 Å². The molecule has 0 saturated carbocycles. The number of carbonyl (C=O) groups is 2. The second-order valence-electron chi connectivity index (χ2n) is 7.81. The third-order valence-corrected chi connectivity index (χ3v) is 5.59. The normalized spacial score (nSPS) is 14.8. The van der Waals surface area contributed by atoms with Crippen LogP contribution in [0.5, 0.6) is 0 Å². The molecule has 1 atom stereocenters. The summed E-state index contributed by atoms with van der Waals surface area (Å²) in [7, 11) is 0. The number of halogens is 1. The molecule has 33 heavy (non-hydrogen) atoms. The SMILES string of the molecule is N#CCCN(C(=O)CCC(=O)NCC(c1cccc(F)c1)N1CCOCC1)c1ccccc1. The van der Waals surface area contributed by atoms with Crippen LogP contribution in [0.3, 0.4) is 0 Å². The molecule has 1 heterocycles. The highest BCUT2D eigenvalue weighted by Crippen LogP contribution is 2.22. The summed E-state index contributed by atoms with van der Waals surface area (Å²) < 4.78 is 19.2. The molecule has 1 saturated heterocycles. The lowest BCUT2D eigenvalue weighted by atomic mass is 10.0. The fourth-order valence-electron chi connectivity index (χ4n) is 3.88. The van der Waals surface area contributed by atoms with Crippen LogP contribution >= 0.6 is 0 Å². The first-order valence-corrected chi connectivity index (χ1v) is 11.1. The molecule has 2 aromatic rings. The van der Waals surface area contributed by atoms with Gasteiger partial charge in [0.05, 0.1) is 31.7 Å². The second-order valence-corrected chi connectivity index (χ2v) is 7.81. The van der Waals surface area contributed by atoms with Crippen LogP contribution in [0.1, 0.15) is 30.9 Å². The number of carbonyl (C=O) groups excluding carboxylic acids is 2. The van der Waals surface area contributed by atoms with Crippen molar-refractivity contribution in [3.05, 3.63) is 66.0 Å². The number of nitrogens with zero attached hydrogens (tertiary/aromatic N) is 3. The maximum absolute atomic E-state index is 13.8. The van der Waals surface area contributed by atoms with Gasteiger partial charge in [-0.2, -0.15) is 5.26 Å². The Hall–Kier alpha value is -3.28. The molecule has 0 spiro atoms. The summed E-state index contributed by atoms with van der Waals surface area (Å²) in [6.07, 6.45) is 0.281. The highest BCUT2D eigenvalue weighted by atomic mass is 19.1. The lowest BCUT2D eigenvalue weighted by Gasteiger charge is -2.35. The zero-order valence-corrected chi connectivity index (χ0v) is 18.6. The minimum absolute atomic E-state index is 0.0354. The minimum Gasteiger partial charge on any atom is -0.379 e. The quantitative estimate of drug-likeness (QED) is 0.599. The van der Waals surface area contributed by atoms with Crippen molar-refractivity contribution < 1.29 is 18.7 Å². The number of para-hydroxylation sites is 1. The molecule has 2 aromatic carbocycles. The fourth-order valence-corrected chi connectivity index (χ4v) is 3.88. The molecule has 3 rings (SSSR count). The van der Waals surface area contributed by atoms with Crippen LogP contribution in [-0.4, -0.2) is 56.1 Å². The van der Waals surface area contributed by atoms with E-state index in [1.807, 2.05) is 24.3 Å². The Morgan fingerprint density at radius 2 is 1.88 bits per heavy atom. The second kappa shape index (κ2) is 12.7.